The zero-order valence-corrected chi connectivity index (χ0v) is 9.17. The van der Waals surface area contributed by atoms with Gasteiger partial charge in [-0.15, -0.1) is 0 Å². The Hall–Kier alpha value is -1.45. The summed E-state index contributed by atoms with van der Waals surface area (Å²) < 4.78 is 0. The Morgan fingerprint density at radius 2 is 1.81 bits per heavy atom. The van der Waals surface area contributed by atoms with Crippen molar-refractivity contribution in [3.8, 4) is 0 Å². The molecule has 2 unspecified atom stereocenters. The van der Waals surface area contributed by atoms with Gasteiger partial charge < -0.3 is 4.90 Å². The fourth-order valence-electron chi connectivity index (χ4n) is 2.95. The highest BCUT2D eigenvalue weighted by molar-refractivity contribution is 5.90. The first-order chi connectivity index (χ1) is 7.84. The zero-order chi connectivity index (χ0) is 11.0. The molecule has 0 bridgehead atoms. The second kappa shape index (κ2) is 3.85. The largest absolute Gasteiger partial charge is 0.335 e. The average Bonchev–Trinajstić information content (AvgIpc) is 2.89. The standard InChI is InChI=1S/C12H15N3O/c16-12(11-13-5-2-6-14-11)15-7-9-3-1-4-10(9)8-15/h2,5-6,9-10H,1,3-4,7-8H2. The Balaban J connectivity index is 1.73. The van der Waals surface area contributed by atoms with Crippen LogP contribution in [0.1, 0.15) is 29.9 Å². The second-order valence-corrected chi connectivity index (χ2v) is 4.73. The van der Waals surface area contributed by atoms with Crippen molar-refractivity contribution in [2.45, 2.75) is 19.3 Å². The van der Waals surface area contributed by atoms with Crippen LogP contribution in [0.15, 0.2) is 18.5 Å². The second-order valence-electron chi connectivity index (χ2n) is 4.73. The van der Waals surface area contributed by atoms with Gasteiger partial charge in [-0.1, -0.05) is 6.42 Å². The number of rotatable bonds is 1. The van der Waals surface area contributed by atoms with Crippen LogP contribution < -0.4 is 0 Å². The summed E-state index contributed by atoms with van der Waals surface area (Å²) in [6.07, 6.45) is 7.14. The molecule has 2 heterocycles. The SMILES string of the molecule is O=C(c1ncccn1)N1CC2CCCC2C1. The molecule has 1 aliphatic carbocycles. The van der Waals surface area contributed by atoms with Crippen LogP contribution in [0, 0.1) is 11.8 Å². The highest BCUT2D eigenvalue weighted by Gasteiger charge is 2.38. The molecule has 1 aromatic rings. The molecule has 16 heavy (non-hydrogen) atoms. The number of aromatic nitrogens is 2. The van der Waals surface area contributed by atoms with Gasteiger partial charge in [0.15, 0.2) is 0 Å². The Bertz CT molecular complexity index is 381. The Morgan fingerprint density at radius 1 is 1.19 bits per heavy atom. The molecule has 0 radical (unpaired) electrons. The first kappa shape index (κ1) is 9.75. The normalized spacial score (nSPS) is 28.1. The first-order valence-corrected chi connectivity index (χ1v) is 5.91. The topological polar surface area (TPSA) is 46.1 Å². The van der Waals surface area contributed by atoms with E-state index in [0.29, 0.717) is 5.82 Å². The molecular formula is C12H15N3O. The summed E-state index contributed by atoms with van der Waals surface area (Å²) in [5.74, 6) is 1.79. The summed E-state index contributed by atoms with van der Waals surface area (Å²) >= 11 is 0. The highest BCUT2D eigenvalue weighted by Crippen LogP contribution is 2.37. The minimum Gasteiger partial charge on any atom is -0.335 e. The van der Waals surface area contributed by atoms with Crippen molar-refractivity contribution in [3.63, 3.8) is 0 Å². The van der Waals surface area contributed by atoms with Crippen LogP contribution in [0.25, 0.3) is 0 Å². The summed E-state index contributed by atoms with van der Waals surface area (Å²) in [7, 11) is 0. The first-order valence-electron chi connectivity index (χ1n) is 5.91. The molecule has 84 valence electrons. The maximum atomic E-state index is 12.1. The smallest absolute Gasteiger partial charge is 0.291 e. The van der Waals surface area contributed by atoms with E-state index in [1.807, 2.05) is 4.90 Å². The molecule has 1 saturated heterocycles. The van der Waals surface area contributed by atoms with E-state index in [9.17, 15) is 4.79 Å². The highest BCUT2D eigenvalue weighted by atomic mass is 16.2. The number of carbonyl (C=O) groups is 1. The van der Waals surface area contributed by atoms with Gasteiger partial charge in [0.05, 0.1) is 0 Å². The number of hydrogen-bond acceptors (Lipinski definition) is 3. The Kier molecular flexibility index (Phi) is 2.35. The lowest BCUT2D eigenvalue weighted by Crippen LogP contribution is -2.30. The molecule has 4 heteroatoms. The molecule has 2 fully saturated rings. The van der Waals surface area contributed by atoms with Crippen molar-refractivity contribution in [2.75, 3.05) is 13.1 Å². The van der Waals surface area contributed by atoms with Crippen molar-refractivity contribution >= 4 is 5.91 Å². The maximum absolute atomic E-state index is 12.1. The van der Waals surface area contributed by atoms with Crippen LogP contribution in [0.4, 0.5) is 0 Å². The van der Waals surface area contributed by atoms with E-state index < -0.39 is 0 Å². The van der Waals surface area contributed by atoms with Crippen LogP contribution in [0.5, 0.6) is 0 Å². The third kappa shape index (κ3) is 1.58. The molecule has 1 saturated carbocycles. The van der Waals surface area contributed by atoms with Crippen LogP contribution in [-0.2, 0) is 0 Å². The van der Waals surface area contributed by atoms with Gasteiger partial charge in [-0.05, 0) is 30.7 Å². The van der Waals surface area contributed by atoms with E-state index in [1.165, 1.54) is 19.3 Å². The van der Waals surface area contributed by atoms with E-state index in [0.717, 1.165) is 24.9 Å². The van der Waals surface area contributed by atoms with Crippen molar-refractivity contribution < 1.29 is 4.79 Å². The van der Waals surface area contributed by atoms with Crippen LogP contribution >= 0.6 is 0 Å². The summed E-state index contributed by atoms with van der Waals surface area (Å²) in [4.78, 5) is 22.0. The quantitative estimate of drug-likeness (QED) is 0.713. The van der Waals surface area contributed by atoms with E-state index >= 15 is 0 Å². The van der Waals surface area contributed by atoms with E-state index in [1.54, 1.807) is 18.5 Å². The lowest BCUT2D eigenvalue weighted by molar-refractivity contribution is 0.0768. The number of likely N-dealkylation sites (tertiary alicyclic amines) is 1. The van der Waals surface area contributed by atoms with Gasteiger partial charge in [-0.2, -0.15) is 0 Å². The van der Waals surface area contributed by atoms with Gasteiger partial charge >= 0.3 is 0 Å². The molecule has 0 aromatic carbocycles. The predicted molar refractivity (Wildman–Crippen MR) is 58.8 cm³/mol. The number of nitrogens with zero attached hydrogens (tertiary/aromatic N) is 3. The number of amides is 1. The fourth-order valence-corrected chi connectivity index (χ4v) is 2.95. The molecule has 2 aliphatic rings. The van der Waals surface area contributed by atoms with Gasteiger partial charge in [0, 0.05) is 25.5 Å². The number of carbonyl (C=O) groups excluding carboxylic acids is 1. The summed E-state index contributed by atoms with van der Waals surface area (Å²) in [5, 5.41) is 0. The van der Waals surface area contributed by atoms with Crippen molar-refractivity contribution in [2.24, 2.45) is 11.8 Å². The van der Waals surface area contributed by atoms with Gasteiger partial charge in [-0.3, -0.25) is 4.79 Å². The average molecular weight is 217 g/mol. The molecule has 4 nitrogen and oxygen atoms in total. The number of fused-ring (bicyclic) bond motifs is 1. The molecule has 1 aromatic heterocycles. The minimum absolute atomic E-state index is 0.00463. The molecule has 3 rings (SSSR count). The minimum atomic E-state index is -0.00463. The van der Waals surface area contributed by atoms with Gasteiger partial charge in [0.2, 0.25) is 5.82 Å². The molecule has 0 spiro atoms. The maximum Gasteiger partial charge on any atom is 0.291 e. The molecular weight excluding hydrogens is 202 g/mol. The summed E-state index contributed by atoms with van der Waals surface area (Å²) in [6, 6.07) is 1.73. The monoisotopic (exact) mass is 217 g/mol. The third-order valence-electron chi connectivity index (χ3n) is 3.77. The molecule has 1 aliphatic heterocycles. The zero-order valence-electron chi connectivity index (χ0n) is 9.17. The fraction of sp³-hybridized carbons (Fsp3) is 0.583. The summed E-state index contributed by atoms with van der Waals surface area (Å²) in [5.41, 5.74) is 0. The Morgan fingerprint density at radius 3 is 2.44 bits per heavy atom. The van der Waals surface area contributed by atoms with Crippen molar-refractivity contribution in [1.29, 1.82) is 0 Å². The van der Waals surface area contributed by atoms with Crippen molar-refractivity contribution in [1.82, 2.24) is 14.9 Å². The van der Waals surface area contributed by atoms with Gasteiger partial charge in [0.25, 0.3) is 5.91 Å². The lowest BCUT2D eigenvalue weighted by Gasteiger charge is -2.15. The predicted octanol–water partition coefficient (Wildman–Crippen LogP) is 1.35. The van der Waals surface area contributed by atoms with E-state index in [2.05, 4.69) is 9.97 Å². The van der Waals surface area contributed by atoms with Crippen molar-refractivity contribution in [3.05, 3.63) is 24.3 Å². The van der Waals surface area contributed by atoms with E-state index in [-0.39, 0.29) is 5.91 Å². The summed E-state index contributed by atoms with van der Waals surface area (Å²) in [6.45, 7) is 1.81. The van der Waals surface area contributed by atoms with Gasteiger partial charge in [0.1, 0.15) is 0 Å². The van der Waals surface area contributed by atoms with Crippen LogP contribution in [0.3, 0.4) is 0 Å². The lowest BCUT2D eigenvalue weighted by atomic mass is 10.0. The molecule has 0 N–H and O–H groups in total. The molecule has 1 amide bonds. The van der Waals surface area contributed by atoms with Crippen LogP contribution in [-0.4, -0.2) is 33.9 Å². The van der Waals surface area contributed by atoms with Crippen LogP contribution in [0.2, 0.25) is 0 Å². The Labute approximate surface area is 94.7 Å². The van der Waals surface area contributed by atoms with E-state index in [4.69, 9.17) is 0 Å². The third-order valence-corrected chi connectivity index (χ3v) is 3.77. The number of hydrogen-bond donors (Lipinski definition) is 0. The van der Waals surface area contributed by atoms with Gasteiger partial charge in [-0.25, -0.2) is 9.97 Å². The molecule has 2 atom stereocenters.